The molecule has 1 aliphatic rings. The number of halogens is 2. The van der Waals surface area contributed by atoms with Gasteiger partial charge < -0.3 is 5.11 Å². The van der Waals surface area contributed by atoms with Crippen molar-refractivity contribution in [1.29, 1.82) is 0 Å². The van der Waals surface area contributed by atoms with Crippen molar-refractivity contribution in [2.24, 2.45) is 0 Å². The standard InChI is InChI=1S/C31H34Cl2N8O3/c1-31(2,3)41(30(43)44)18-24-17-40(38-36-24)19-25-28(29(42)37-39-15-5-4-6-16-39)35-27(21-9-13-23(33)14-10-21)26(34-25)20-7-11-22(32)12-8-20/h7-14,17H,4-6,15-16,18-19H2,1-3H3,(H,37,42)(H,43,44). The summed E-state index contributed by atoms with van der Waals surface area (Å²) < 4.78 is 1.54. The fourth-order valence-electron chi connectivity index (χ4n) is 4.98. The van der Waals surface area contributed by atoms with Crippen LogP contribution in [0.25, 0.3) is 22.5 Å². The summed E-state index contributed by atoms with van der Waals surface area (Å²) >= 11 is 12.4. The first-order chi connectivity index (χ1) is 21.0. The van der Waals surface area contributed by atoms with E-state index in [1.54, 1.807) is 30.5 Å². The number of rotatable bonds is 8. The van der Waals surface area contributed by atoms with E-state index in [1.165, 1.54) is 9.58 Å². The Kier molecular flexibility index (Phi) is 9.48. The first kappa shape index (κ1) is 31.4. The number of hydrogen-bond donors (Lipinski definition) is 2. The van der Waals surface area contributed by atoms with Crippen LogP contribution < -0.4 is 5.43 Å². The Bertz CT molecular complexity index is 1630. The summed E-state index contributed by atoms with van der Waals surface area (Å²) in [7, 11) is 0. The smallest absolute Gasteiger partial charge is 0.408 e. The van der Waals surface area contributed by atoms with Gasteiger partial charge in [-0.05, 0) is 57.9 Å². The minimum Gasteiger partial charge on any atom is -0.465 e. The first-order valence-electron chi connectivity index (χ1n) is 14.4. The fourth-order valence-corrected chi connectivity index (χ4v) is 5.23. The maximum absolute atomic E-state index is 13.8. The number of carbonyl (C=O) groups excluding carboxylic acids is 1. The molecule has 44 heavy (non-hydrogen) atoms. The number of nitrogens with one attached hydrogen (secondary N) is 1. The molecule has 0 aliphatic carbocycles. The molecule has 13 heteroatoms. The van der Waals surface area contributed by atoms with Crippen molar-refractivity contribution in [3.05, 3.63) is 81.9 Å². The topological polar surface area (TPSA) is 129 Å². The SMILES string of the molecule is CC(C)(C)N(Cc1cn(Cc2nc(-c3ccc(Cl)cc3)c(-c3ccc(Cl)cc3)nc2C(=O)NN2CCCCC2)nn1)C(=O)O. The van der Waals surface area contributed by atoms with Crippen molar-refractivity contribution < 1.29 is 14.7 Å². The molecule has 5 rings (SSSR count). The molecule has 230 valence electrons. The summed E-state index contributed by atoms with van der Waals surface area (Å²) in [5.74, 6) is -0.377. The molecule has 2 N–H and O–H groups in total. The van der Waals surface area contributed by atoms with Crippen LogP contribution in [0.5, 0.6) is 0 Å². The molecule has 11 nitrogen and oxygen atoms in total. The van der Waals surface area contributed by atoms with Crippen molar-refractivity contribution in [2.75, 3.05) is 13.1 Å². The predicted molar refractivity (Wildman–Crippen MR) is 168 cm³/mol. The number of carbonyl (C=O) groups is 2. The van der Waals surface area contributed by atoms with E-state index in [0.29, 0.717) is 32.8 Å². The third-order valence-electron chi connectivity index (χ3n) is 7.29. The minimum absolute atomic E-state index is 0.0539. The Morgan fingerprint density at radius 1 is 0.909 bits per heavy atom. The normalized spacial score (nSPS) is 13.9. The lowest BCUT2D eigenvalue weighted by Crippen LogP contribution is -2.45. The zero-order valence-electron chi connectivity index (χ0n) is 24.8. The highest BCUT2D eigenvalue weighted by molar-refractivity contribution is 6.31. The number of aromatic nitrogens is 5. The average Bonchev–Trinajstić information content (AvgIpc) is 3.43. The Morgan fingerprint density at radius 3 is 2.02 bits per heavy atom. The van der Waals surface area contributed by atoms with Crippen molar-refractivity contribution in [2.45, 2.75) is 58.7 Å². The number of benzene rings is 2. The number of hydrazine groups is 1. The Balaban J connectivity index is 1.58. The summed E-state index contributed by atoms with van der Waals surface area (Å²) in [6.07, 6.45) is 3.71. The van der Waals surface area contributed by atoms with Crippen molar-refractivity contribution in [3.63, 3.8) is 0 Å². The third-order valence-corrected chi connectivity index (χ3v) is 7.80. The van der Waals surface area contributed by atoms with E-state index in [1.807, 2.05) is 50.0 Å². The van der Waals surface area contributed by atoms with Gasteiger partial charge in [-0.25, -0.2) is 24.5 Å². The van der Waals surface area contributed by atoms with Crippen LogP contribution in [0.2, 0.25) is 10.0 Å². The van der Waals surface area contributed by atoms with Crippen LogP contribution in [0.1, 0.15) is 61.9 Å². The van der Waals surface area contributed by atoms with E-state index < -0.39 is 11.6 Å². The number of carboxylic acid groups (broad SMARTS) is 1. The van der Waals surface area contributed by atoms with Crippen molar-refractivity contribution in [3.8, 4) is 22.5 Å². The summed E-state index contributed by atoms with van der Waals surface area (Å²) in [6.45, 7) is 7.08. The molecule has 0 spiro atoms. The van der Waals surface area contributed by atoms with Gasteiger partial charge in [-0.2, -0.15) is 0 Å². The molecular weight excluding hydrogens is 603 g/mol. The van der Waals surface area contributed by atoms with Crippen LogP contribution in [-0.2, 0) is 13.1 Å². The fraction of sp³-hybridized carbons (Fsp3) is 0.355. The highest BCUT2D eigenvalue weighted by Gasteiger charge is 2.28. The van der Waals surface area contributed by atoms with Gasteiger partial charge in [-0.15, -0.1) is 5.10 Å². The summed E-state index contributed by atoms with van der Waals surface area (Å²) in [4.78, 5) is 36.9. The van der Waals surface area contributed by atoms with Gasteiger partial charge in [-0.1, -0.05) is 59.1 Å². The quantitative estimate of drug-likeness (QED) is 0.235. The number of nitrogens with zero attached hydrogens (tertiary/aromatic N) is 7. The van der Waals surface area contributed by atoms with Gasteiger partial charge in [-0.3, -0.25) is 15.1 Å². The molecule has 0 atom stereocenters. The molecule has 3 heterocycles. The lowest BCUT2D eigenvalue weighted by atomic mass is 10.0. The van der Waals surface area contributed by atoms with E-state index in [2.05, 4.69) is 15.7 Å². The van der Waals surface area contributed by atoms with Gasteiger partial charge in [0.25, 0.3) is 5.91 Å². The highest BCUT2D eigenvalue weighted by Crippen LogP contribution is 2.32. The predicted octanol–water partition coefficient (Wildman–Crippen LogP) is 6.17. The Morgan fingerprint density at radius 2 is 1.48 bits per heavy atom. The zero-order valence-corrected chi connectivity index (χ0v) is 26.3. The molecule has 2 amide bonds. The Labute approximate surface area is 265 Å². The highest BCUT2D eigenvalue weighted by atomic mass is 35.5. The molecule has 2 aromatic heterocycles. The van der Waals surface area contributed by atoms with E-state index in [0.717, 1.165) is 43.5 Å². The van der Waals surface area contributed by atoms with Crippen LogP contribution in [0.3, 0.4) is 0 Å². The van der Waals surface area contributed by atoms with Crippen molar-refractivity contribution in [1.82, 2.24) is 40.3 Å². The molecule has 1 aliphatic heterocycles. The van der Waals surface area contributed by atoms with Gasteiger partial charge >= 0.3 is 6.09 Å². The number of amides is 2. The first-order valence-corrected chi connectivity index (χ1v) is 15.1. The second kappa shape index (κ2) is 13.3. The molecule has 0 radical (unpaired) electrons. The summed E-state index contributed by atoms with van der Waals surface area (Å²) in [5.41, 5.74) is 5.94. The van der Waals surface area contributed by atoms with Crippen LogP contribution in [0.15, 0.2) is 54.7 Å². The number of piperidine rings is 1. The van der Waals surface area contributed by atoms with E-state index in [4.69, 9.17) is 33.2 Å². The van der Waals surface area contributed by atoms with Gasteiger partial charge in [0.05, 0.1) is 36.4 Å². The van der Waals surface area contributed by atoms with E-state index >= 15 is 0 Å². The molecule has 0 saturated carbocycles. The van der Waals surface area contributed by atoms with Gasteiger partial charge in [0, 0.05) is 39.8 Å². The van der Waals surface area contributed by atoms with Crippen LogP contribution >= 0.6 is 23.2 Å². The van der Waals surface area contributed by atoms with Gasteiger partial charge in [0.2, 0.25) is 0 Å². The second-order valence-corrected chi connectivity index (χ2v) is 12.5. The van der Waals surface area contributed by atoms with E-state index in [9.17, 15) is 14.7 Å². The third kappa shape index (κ3) is 7.53. The van der Waals surface area contributed by atoms with Crippen LogP contribution in [-0.4, -0.2) is 70.6 Å². The number of hydrogen-bond acceptors (Lipinski definition) is 7. The molecule has 1 saturated heterocycles. The molecule has 0 bridgehead atoms. The lowest BCUT2D eigenvalue weighted by molar-refractivity contribution is 0.0742. The van der Waals surface area contributed by atoms with E-state index in [-0.39, 0.29) is 24.7 Å². The molecule has 0 unspecified atom stereocenters. The molecular formula is C31H34Cl2N8O3. The molecule has 1 fully saturated rings. The second-order valence-electron chi connectivity index (χ2n) is 11.7. The zero-order chi connectivity index (χ0) is 31.4. The maximum atomic E-state index is 13.8. The molecule has 4 aromatic rings. The van der Waals surface area contributed by atoms with Crippen LogP contribution in [0.4, 0.5) is 4.79 Å². The van der Waals surface area contributed by atoms with Gasteiger partial charge in [0.15, 0.2) is 5.69 Å². The van der Waals surface area contributed by atoms with Crippen LogP contribution in [0, 0.1) is 0 Å². The lowest BCUT2D eigenvalue weighted by Gasteiger charge is -2.32. The maximum Gasteiger partial charge on any atom is 0.408 e. The summed E-state index contributed by atoms with van der Waals surface area (Å²) in [6, 6.07) is 14.5. The van der Waals surface area contributed by atoms with Crippen molar-refractivity contribution >= 4 is 35.2 Å². The Hall–Kier alpha value is -4.06. The minimum atomic E-state index is -1.06. The van der Waals surface area contributed by atoms with Gasteiger partial charge in [0.1, 0.15) is 5.69 Å². The average molecular weight is 638 g/mol. The molecule has 2 aromatic carbocycles. The summed E-state index contributed by atoms with van der Waals surface area (Å²) in [5, 5.41) is 21.2. The monoisotopic (exact) mass is 636 g/mol. The largest absolute Gasteiger partial charge is 0.465 e.